The van der Waals surface area contributed by atoms with Crippen LogP contribution in [-0.4, -0.2) is 27.9 Å². The van der Waals surface area contributed by atoms with Crippen molar-refractivity contribution in [3.05, 3.63) is 23.5 Å². The number of halogens is 1. The average molecular weight is 293 g/mol. The smallest absolute Gasteiger partial charge is 0.399 e. The maximum atomic E-state index is 6.49. The Hall–Kier alpha value is -1.04. The molecule has 0 N–H and O–H groups in total. The minimum atomic E-state index is -0.459. The Morgan fingerprint density at radius 1 is 1.15 bits per heavy atom. The van der Waals surface area contributed by atoms with Crippen LogP contribution in [0.15, 0.2) is 18.5 Å². The van der Waals surface area contributed by atoms with Gasteiger partial charge in [0.25, 0.3) is 0 Å². The second-order valence-electron chi connectivity index (χ2n) is 6.28. The number of aryl methyl sites for hydroxylation is 1. The molecule has 4 nitrogen and oxygen atoms in total. The molecular formula is C14H18BClN2O2. The lowest BCUT2D eigenvalue weighted by Crippen LogP contribution is -2.41. The molecule has 0 aliphatic carbocycles. The number of nitrogens with zero attached hydrogens (tertiary/aromatic N) is 2. The first-order valence-corrected chi connectivity index (χ1v) is 7.06. The molecule has 3 rings (SSSR count). The second kappa shape index (κ2) is 4.23. The molecule has 0 atom stereocenters. The number of aromatic nitrogens is 2. The highest BCUT2D eigenvalue weighted by Gasteiger charge is 2.52. The monoisotopic (exact) mass is 292 g/mol. The third-order valence-electron chi connectivity index (χ3n) is 4.37. The Labute approximate surface area is 124 Å². The molecule has 20 heavy (non-hydrogen) atoms. The molecule has 1 saturated heterocycles. The summed E-state index contributed by atoms with van der Waals surface area (Å²) in [5, 5.41) is 0.599. The van der Waals surface area contributed by atoms with Crippen LogP contribution in [0.3, 0.4) is 0 Å². The molecule has 1 aliphatic rings. The van der Waals surface area contributed by atoms with E-state index in [1.807, 2.05) is 51.4 Å². The number of imidazole rings is 1. The van der Waals surface area contributed by atoms with Crippen molar-refractivity contribution in [1.29, 1.82) is 0 Å². The summed E-state index contributed by atoms with van der Waals surface area (Å²) >= 11 is 6.49. The van der Waals surface area contributed by atoms with E-state index in [9.17, 15) is 0 Å². The van der Waals surface area contributed by atoms with E-state index < -0.39 is 7.12 Å². The highest BCUT2D eigenvalue weighted by molar-refractivity contribution is 6.66. The van der Waals surface area contributed by atoms with Gasteiger partial charge >= 0.3 is 7.12 Å². The maximum absolute atomic E-state index is 6.49. The third kappa shape index (κ3) is 1.88. The molecular weight excluding hydrogens is 274 g/mol. The van der Waals surface area contributed by atoms with Crippen LogP contribution in [0, 0.1) is 0 Å². The van der Waals surface area contributed by atoms with Gasteiger partial charge in [0.05, 0.1) is 28.1 Å². The van der Waals surface area contributed by atoms with Gasteiger partial charge in [-0.15, -0.1) is 0 Å². The molecule has 2 heterocycles. The first kappa shape index (κ1) is 13.9. The number of hydrogen-bond acceptors (Lipinski definition) is 3. The molecule has 0 unspecified atom stereocenters. The van der Waals surface area contributed by atoms with E-state index in [-0.39, 0.29) is 11.2 Å². The fourth-order valence-electron chi connectivity index (χ4n) is 2.34. The Morgan fingerprint density at radius 2 is 1.75 bits per heavy atom. The fraction of sp³-hybridized carbons (Fsp3) is 0.500. The molecule has 1 aliphatic heterocycles. The first-order chi connectivity index (χ1) is 9.23. The highest BCUT2D eigenvalue weighted by atomic mass is 35.5. The molecule has 0 amide bonds. The van der Waals surface area contributed by atoms with Gasteiger partial charge in [0.2, 0.25) is 0 Å². The quantitative estimate of drug-likeness (QED) is 0.758. The Kier molecular flexibility index (Phi) is 2.94. The third-order valence-corrected chi connectivity index (χ3v) is 4.77. The number of hydrogen-bond donors (Lipinski definition) is 0. The molecule has 6 heteroatoms. The number of benzene rings is 1. The van der Waals surface area contributed by atoms with Crippen LogP contribution in [0.4, 0.5) is 0 Å². The first-order valence-electron chi connectivity index (χ1n) is 6.68. The SMILES string of the molecule is Cn1cnc2c(Cl)c(B3OC(C)(C)C(C)(C)O3)ccc21. The summed E-state index contributed by atoms with van der Waals surface area (Å²) < 4.78 is 14.0. The van der Waals surface area contributed by atoms with Crippen molar-refractivity contribution in [3.8, 4) is 0 Å². The minimum absolute atomic E-state index is 0.375. The molecule has 0 saturated carbocycles. The molecule has 106 valence electrons. The zero-order valence-electron chi connectivity index (χ0n) is 12.4. The van der Waals surface area contributed by atoms with Crippen molar-refractivity contribution >= 4 is 35.2 Å². The van der Waals surface area contributed by atoms with Gasteiger partial charge in [-0.2, -0.15) is 0 Å². The van der Waals surface area contributed by atoms with Crippen molar-refractivity contribution in [2.75, 3.05) is 0 Å². The molecule has 1 fully saturated rings. The largest absolute Gasteiger partial charge is 0.496 e. The second-order valence-corrected chi connectivity index (χ2v) is 6.66. The molecule has 2 aromatic rings. The van der Waals surface area contributed by atoms with Gasteiger partial charge in [-0.05, 0) is 33.8 Å². The molecule has 1 aromatic heterocycles. The Bertz CT molecular complexity index is 665. The van der Waals surface area contributed by atoms with Crippen LogP contribution >= 0.6 is 11.6 Å². The summed E-state index contributed by atoms with van der Waals surface area (Å²) in [5.41, 5.74) is 1.85. The topological polar surface area (TPSA) is 36.3 Å². The lowest BCUT2D eigenvalue weighted by Gasteiger charge is -2.32. The number of rotatable bonds is 1. The Morgan fingerprint density at radius 3 is 2.35 bits per heavy atom. The van der Waals surface area contributed by atoms with Crippen molar-refractivity contribution in [1.82, 2.24) is 9.55 Å². The van der Waals surface area contributed by atoms with Gasteiger partial charge in [0.1, 0.15) is 5.52 Å². The van der Waals surface area contributed by atoms with Crippen LogP contribution in [0.25, 0.3) is 11.0 Å². The summed E-state index contributed by atoms with van der Waals surface area (Å²) in [4.78, 5) is 4.34. The molecule has 0 spiro atoms. The summed E-state index contributed by atoms with van der Waals surface area (Å²) in [6.45, 7) is 8.11. The van der Waals surface area contributed by atoms with Crippen molar-refractivity contribution in [3.63, 3.8) is 0 Å². The zero-order chi connectivity index (χ0) is 14.7. The van der Waals surface area contributed by atoms with Gasteiger partial charge in [0.15, 0.2) is 0 Å². The number of fused-ring (bicyclic) bond motifs is 1. The average Bonchev–Trinajstić information content (AvgIpc) is 2.79. The van der Waals surface area contributed by atoms with E-state index >= 15 is 0 Å². The van der Waals surface area contributed by atoms with E-state index in [4.69, 9.17) is 20.9 Å². The molecule has 0 radical (unpaired) electrons. The van der Waals surface area contributed by atoms with Crippen LogP contribution in [0.2, 0.25) is 5.02 Å². The van der Waals surface area contributed by atoms with E-state index in [2.05, 4.69) is 4.98 Å². The van der Waals surface area contributed by atoms with Crippen molar-refractivity contribution < 1.29 is 9.31 Å². The van der Waals surface area contributed by atoms with Gasteiger partial charge in [-0.1, -0.05) is 17.7 Å². The van der Waals surface area contributed by atoms with Gasteiger partial charge < -0.3 is 13.9 Å². The summed E-state index contributed by atoms with van der Waals surface area (Å²) in [6.07, 6.45) is 1.75. The van der Waals surface area contributed by atoms with Gasteiger partial charge in [-0.3, -0.25) is 0 Å². The molecule has 0 bridgehead atoms. The Balaban J connectivity index is 2.06. The zero-order valence-corrected chi connectivity index (χ0v) is 13.2. The fourth-order valence-corrected chi connectivity index (χ4v) is 2.63. The minimum Gasteiger partial charge on any atom is -0.399 e. The normalized spacial score (nSPS) is 20.8. The summed E-state index contributed by atoms with van der Waals surface area (Å²) in [7, 11) is 1.49. The predicted molar refractivity (Wildman–Crippen MR) is 81.4 cm³/mol. The van der Waals surface area contributed by atoms with E-state index in [0.29, 0.717) is 5.02 Å². The van der Waals surface area contributed by atoms with Crippen LogP contribution in [0.5, 0.6) is 0 Å². The summed E-state index contributed by atoms with van der Waals surface area (Å²) in [5.74, 6) is 0. The standard InChI is InChI=1S/C14H18BClN2O2/c1-13(2)14(3,4)20-15(19-13)9-6-7-10-12(11(9)16)17-8-18(10)5/h6-8H,1-5H3. The van der Waals surface area contributed by atoms with Crippen LogP contribution < -0.4 is 5.46 Å². The van der Waals surface area contributed by atoms with Crippen molar-refractivity contribution in [2.45, 2.75) is 38.9 Å². The lowest BCUT2D eigenvalue weighted by atomic mass is 9.79. The van der Waals surface area contributed by atoms with Crippen molar-refractivity contribution in [2.24, 2.45) is 7.05 Å². The highest BCUT2D eigenvalue weighted by Crippen LogP contribution is 2.37. The summed E-state index contributed by atoms with van der Waals surface area (Å²) in [6, 6.07) is 3.95. The van der Waals surface area contributed by atoms with Crippen LogP contribution in [0.1, 0.15) is 27.7 Å². The van der Waals surface area contributed by atoms with E-state index in [1.54, 1.807) is 6.33 Å². The van der Waals surface area contributed by atoms with Gasteiger partial charge in [-0.25, -0.2) is 4.98 Å². The van der Waals surface area contributed by atoms with Gasteiger partial charge in [0, 0.05) is 12.5 Å². The predicted octanol–water partition coefficient (Wildman–Crippen LogP) is 2.53. The van der Waals surface area contributed by atoms with E-state index in [1.165, 1.54) is 0 Å². The van der Waals surface area contributed by atoms with Crippen LogP contribution in [-0.2, 0) is 16.4 Å². The van der Waals surface area contributed by atoms with E-state index in [0.717, 1.165) is 16.5 Å². The molecule has 1 aromatic carbocycles. The maximum Gasteiger partial charge on any atom is 0.496 e. The lowest BCUT2D eigenvalue weighted by molar-refractivity contribution is 0.00578.